The summed E-state index contributed by atoms with van der Waals surface area (Å²) in [7, 11) is 1.92. The number of nitrogens with one attached hydrogen (secondary N) is 2. The molecule has 1 saturated heterocycles. The van der Waals surface area contributed by atoms with Crippen molar-refractivity contribution in [2.75, 3.05) is 32.0 Å². The van der Waals surface area contributed by atoms with Gasteiger partial charge in [-0.2, -0.15) is 0 Å². The number of nitrogens with zero attached hydrogens (tertiary/aromatic N) is 1. The van der Waals surface area contributed by atoms with Crippen molar-refractivity contribution in [1.82, 2.24) is 10.2 Å². The number of likely N-dealkylation sites (tertiary alicyclic amines) is 1. The maximum absolute atomic E-state index is 13.2. The number of amides is 1. The lowest BCUT2D eigenvalue weighted by Crippen LogP contribution is -2.41. The second kappa shape index (κ2) is 6.81. The number of likely N-dealkylation sites (N-methyl/N-ethyl adjacent to an activating group) is 1. The topological polar surface area (TPSA) is 44.4 Å². The van der Waals surface area contributed by atoms with Gasteiger partial charge in [0.2, 0.25) is 5.91 Å². The van der Waals surface area contributed by atoms with Gasteiger partial charge >= 0.3 is 0 Å². The third-order valence-electron chi connectivity index (χ3n) is 3.76. The number of halogens is 1. The maximum Gasteiger partial charge on any atom is 0.238 e. The molecule has 0 spiro atoms. The van der Waals surface area contributed by atoms with Crippen LogP contribution in [-0.2, 0) is 4.79 Å². The first kappa shape index (κ1) is 14.9. The normalized spacial score (nSPS) is 19.2. The van der Waals surface area contributed by atoms with Gasteiger partial charge in [-0.1, -0.05) is 6.07 Å². The molecule has 1 fully saturated rings. The molecule has 1 aromatic carbocycles. The van der Waals surface area contributed by atoms with Crippen LogP contribution in [0, 0.1) is 12.7 Å². The Morgan fingerprint density at radius 2 is 2.30 bits per heavy atom. The van der Waals surface area contributed by atoms with Gasteiger partial charge in [-0.05, 0) is 51.1 Å². The van der Waals surface area contributed by atoms with E-state index in [0.717, 1.165) is 31.5 Å². The fourth-order valence-electron chi connectivity index (χ4n) is 2.67. The highest BCUT2D eigenvalue weighted by atomic mass is 19.1. The second-order valence-electron chi connectivity index (χ2n) is 5.33. The Labute approximate surface area is 119 Å². The average molecular weight is 279 g/mol. The molecule has 1 aliphatic heterocycles. The molecule has 20 heavy (non-hydrogen) atoms. The molecular weight excluding hydrogens is 257 g/mol. The van der Waals surface area contributed by atoms with Gasteiger partial charge in [-0.3, -0.25) is 9.69 Å². The van der Waals surface area contributed by atoms with Crippen molar-refractivity contribution >= 4 is 11.6 Å². The van der Waals surface area contributed by atoms with Gasteiger partial charge < -0.3 is 10.6 Å². The Hall–Kier alpha value is -1.46. The smallest absolute Gasteiger partial charge is 0.238 e. The minimum atomic E-state index is -0.333. The third-order valence-corrected chi connectivity index (χ3v) is 3.76. The molecule has 2 rings (SSSR count). The van der Waals surface area contributed by atoms with Crippen molar-refractivity contribution < 1.29 is 9.18 Å². The summed E-state index contributed by atoms with van der Waals surface area (Å²) < 4.78 is 13.2. The first-order chi connectivity index (χ1) is 9.60. The van der Waals surface area contributed by atoms with Crippen LogP contribution in [0.25, 0.3) is 0 Å². The van der Waals surface area contributed by atoms with E-state index in [0.29, 0.717) is 18.3 Å². The number of aryl methyl sites for hydroxylation is 1. The van der Waals surface area contributed by atoms with Crippen LogP contribution in [0.2, 0.25) is 0 Å². The van der Waals surface area contributed by atoms with Crippen molar-refractivity contribution in [1.29, 1.82) is 0 Å². The van der Waals surface area contributed by atoms with Crippen LogP contribution in [-0.4, -0.2) is 43.5 Å². The van der Waals surface area contributed by atoms with Crippen molar-refractivity contribution in [3.05, 3.63) is 29.6 Å². The zero-order chi connectivity index (χ0) is 14.5. The predicted octanol–water partition coefficient (Wildman–Crippen LogP) is 1.76. The molecule has 1 heterocycles. The van der Waals surface area contributed by atoms with Crippen LogP contribution in [0.4, 0.5) is 10.1 Å². The molecule has 4 nitrogen and oxygen atoms in total. The zero-order valence-corrected chi connectivity index (χ0v) is 12.1. The average Bonchev–Trinajstić information content (AvgIpc) is 2.82. The summed E-state index contributed by atoms with van der Waals surface area (Å²) in [5.74, 6) is -0.415. The summed E-state index contributed by atoms with van der Waals surface area (Å²) in [4.78, 5) is 14.3. The van der Waals surface area contributed by atoms with Gasteiger partial charge in [0.15, 0.2) is 0 Å². The second-order valence-corrected chi connectivity index (χ2v) is 5.33. The van der Waals surface area contributed by atoms with E-state index in [9.17, 15) is 9.18 Å². The van der Waals surface area contributed by atoms with Crippen molar-refractivity contribution in [2.45, 2.75) is 25.8 Å². The van der Waals surface area contributed by atoms with Crippen LogP contribution >= 0.6 is 0 Å². The number of hydrogen-bond acceptors (Lipinski definition) is 3. The van der Waals surface area contributed by atoms with Gasteiger partial charge in [0, 0.05) is 18.3 Å². The Morgan fingerprint density at radius 3 is 3.05 bits per heavy atom. The molecule has 1 amide bonds. The summed E-state index contributed by atoms with van der Waals surface area (Å²) in [5, 5.41) is 5.96. The van der Waals surface area contributed by atoms with Crippen LogP contribution in [0.1, 0.15) is 18.4 Å². The minimum Gasteiger partial charge on any atom is -0.325 e. The van der Waals surface area contributed by atoms with Crippen molar-refractivity contribution in [3.8, 4) is 0 Å². The van der Waals surface area contributed by atoms with Gasteiger partial charge in [-0.15, -0.1) is 0 Å². The molecule has 5 heteroatoms. The van der Waals surface area contributed by atoms with Crippen LogP contribution in [0.3, 0.4) is 0 Å². The lowest BCUT2D eigenvalue weighted by atomic mass is 10.2. The zero-order valence-electron chi connectivity index (χ0n) is 12.1. The monoisotopic (exact) mass is 279 g/mol. The van der Waals surface area contributed by atoms with E-state index in [1.165, 1.54) is 12.1 Å². The summed E-state index contributed by atoms with van der Waals surface area (Å²) in [6.45, 7) is 4.06. The summed E-state index contributed by atoms with van der Waals surface area (Å²) in [6.07, 6.45) is 2.24. The molecule has 1 unspecified atom stereocenters. The molecule has 1 aromatic rings. The van der Waals surface area contributed by atoms with Crippen LogP contribution < -0.4 is 10.6 Å². The molecule has 0 radical (unpaired) electrons. The van der Waals surface area contributed by atoms with Gasteiger partial charge in [0.25, 0.3) is 0 Å². The van der Waals surface area contributed by atoms with E-state index in [-0.39, 0.29) is 11.7 Å². The van der Waals surface area contributed by atoms with Gasteiger partial charge in [-0.25, -0.2) is 4.39 Å². The molecule has 0 bridgehead atoms. The lowest BCUT2D eigenvalue weighted by molar-refractivity contribution is -0.117. The van der Waals surface area contributed by atoms with E-state index in [1.54, 1.807) is 6.07 Å². The summed E-state index contributed by atoms with van der Waals surface area (Å²) >= 11 is 0. The van der Waals surface area contributed by atoms with E-state index >= 15 is 0 Å². The van der Waals surface area contributed by atoms with E-state index in [4.69, 9.17) is 0 Å². The summed E-state index contributed by atoms with van der Waals surface area (Å²) in [5.41, 5.74) is 1.42. The third kappa shape index (κ3) is 3.77. The highest BCUT2D eigenvalue weighted by molar-refractivity contribution is 5.93. The van der Waals surface area contributed by atoms with Crippen LogP contribution in [0.15, 0.2) is 18.2 Å². The number of benzene rings is 1. The van der Waals surface area contributed by atoms with E-state index in [2.05, 4.69) is 15.5 Å². The molecule has 1 aliphatic rings. The fraction of sp³-hybridized carbons (Fsp3) is 0.533. The Morgan fingerprint density at radius 1 is 1.50 bits per heavy atom. The number of hydrogen-bond donors (Lipinski definition) is 2. The van der Waals surface area contributed by atoms with Crippen molar-refractivity contribution in [2.24, 2.45) is 0 Å². The predicted molar refractivity (Wildman–Crippen MR) is 78.3 cm³/mol. The van der Waals surface area contributed by atoms with Gasteiger partial charge in [0.05, 0.1) is 6.54 Å². The number of rotatable bonds is 5. The largest absolute Gasteiger partial charge is 0.325 e. The molecule has 110 valence electrons. The first-order valence-electron chi connectivity index (χ1n) is 7.05. The molecule has 0 aliphatic carbocycles. The standard InChI is InChI=1S/C15H22FN3O/c1-11-5-6-12(16)8-14(11)18-15(20)10-19-7-3-4-13(19)9-17-2/h5-6,8,13,17H,3-4,7,9-10H2,1-2H3,(H,18,20). The highest BCUT2D eigenvalue weighted by Crippen LogP contribution is 2.18. The quantitative estimate of drug-likeness (QED) is 0.863. The molecule has 2 N–H and O–H groups in total. The number of carbonyl (C=O) groups excluding carboxylic acids is 1. The molecular formula is C15H22FN3O. The Bertz CT molecular complexity index is 478. The Balaban J connectivity index is 1.93. The SMILES string of the molecule is CNCC1CCCN1CC(=O)Nc1cc(F)ccc1C. The Kier molecular flexibility index (Phi) is 5.09. The fourth-order valence-corrected chi connectivity index (χ4v) is 2.67. The lowest BCUT2D eigenvalue weighted by Gasteiger charge is -2.23. The molecule has 1 atom stereocenters. The van der Waals surface area contributed by atoms with Crippen molar-refractivity contribution in [3.63, 3.8) is 0 Å². The maximum atomic E-state index is 13.2. The van der Waals surface area contributed by atoms with E-state index < -0.39 is 0 Å². The number of carbonyl (C=O) groups is 1. The van der Waals surface area contributed by atoms with Crippen LogP contribution in [0.5, 0.6) is 0 Å². The number of anilines is 1. The highest BCUT2D eigenvalue weighted by Gasteiger charge is 2.25. The summed E-state index contributed by atoms with van der Waals surface area (Å²) in [6, 6.07) is 4.85. The first-order valence-corrected chi connectivity index (χ1v) is 7.05. The molecule has 0 aromatic heterocycles. The minimum absolute atomic E-state index is 0.0818. The van der Waals surface area contributed by atoms with Gasteiger partial charge in [0.1, 0.15) is 5.82 Å². The molecule has 0 saturated carbocycles. The van der Waals surface area contributed by atoms with E-state index in [1.807, 2.05) is 14.0 Å².